The van der Waals surface area contributed by atoms with Crippen molar-refractivity contribution < 1.29 is 0 Å². The summed E-state index contributed by atoms with van der Waals surface area (Å²) in [5.41, 5.74) is 5.55. The number of nitrogens with zero attached hydrogens (tertiary/aromatic N) is 3. The number of hydrogen-bond acceptors (Lipinski definition) is 4. The van der Waals surface area contributed by atoms with Gasteiger partial charge in [-0.25, -0.2) is 9.97 Å². The molecule has 0 spiro atoms. The topological polar surface area (TPSA) is 55.0 Å². The van der Waals surface area contributed by atoms with Crippen molar-refractivity contribution in [3.05, 3.63) is 17.5 Å². The van der Waals surface area contributed by atoms with Crippen LogP contribution in [0.3, 0.4) is 0 Å². The second kappa shape index (κ2) is 4.11. The minimum atomic E-state index is 0.575. The molecule has 1 aliphatic carbocycles. The van der Waals surface area contributed by atoms with Crippen LogP contribution in [0, 0.1) is 0 Å². The van der Waals surface area contributed by atoms with E-state index in [0.29, 0.717) is 17.6 Å². The lowest BCUT2D eigenvalue weighted by Crippen LogP contribution is -2.32. The van der Waals surface area contributed by atoms with Crippen LogP contribution in [0.2, 0.25) is 5.02 Å². The van der Waals surface area contributed by atoms with Gasteiger partial charge in [-0.3, -0.25) is 0 Å². The van der Waals surface area contributed by atoms with Gasteiger partial charge in [0.15, 0.2) is 5.82 Å². The van der Waals surface area contributed by atoms with Crippen LogP contribution in [-0.2, 0) is 0 Å². The zero-order chi connectivity index (χ0) is 9.97. The van der Waals surface area contributed by atoms with Crippen molar-refractivity contribution in [1.82, 2.24) is 9.97 Å². The Morgan fingerprint density at radius 1 is 1.57 bits per heavy atom. The maximum absolute atomic E-state index is 6.02. The Morgan fingerprint density at radius 2 is 2.36 bits per heavy atom. The van der Waals surface area contributed by atoms with Crippen LogP contribution in [0.15, 0.2) is 12.5 Å². The number of halogens is 1. The minimum Gasteiger partial charge on any atom is -0.351 e. The van der Waals surface area contributed by atoms with Crippen LogP contribution < -0.4 is 10.6 Å². The van der Waals surface area contributed by atoms with E-state index in [1.807, 2.05) is 0 Å². The quantitative estimate of drug-likeness (QED) is 0.811. The van der Waals surface area contributed by atoms with Crippen molar-refractivity contribution in [2.75, 3.05) is 18.0 Å². The number of anilines is 1. The average Bonchev–Trinajstić information content (AvgIpc) is 2.99. The average molecular weight is 213 g/mol. The molecule has 2 N–H and O–H groups in total. The van der Waals surface area contributed by atoms with Gasteiger partial charge >= 0.3 is 0 Å². The van der Waals surface area contributed by atoms with Crippen LogP contribution in [0.5, 0.6) is 0 Å². The summed E-state index contributed by atoms with van der Waals surface area (Å²) in [6, 6.07) is 0.575. The predicted molar refractivity (Wildman–Crippen MR) is 56.5 cm³/mol. The fraction of sp³-hybridized carbons (Fsp3) is 0.556. The Bertz CT molecular complexity index is 313. The number of nitrogens with two attached hydrogens (primary N) is 1. The Hall–Kier alpha value is -0.870. The van der Waals surface area contributed by atoms with E-state index in [1.165, 1.54) is 19.2 Å². The lowest BCUT2D eigenvalue weighted by atomic mass is 10.4. The fourth-order valence-electron chi connectivity index (χ4n) is 1.50. The first-order valence-corrected chi connectivity index (χ1v) is 5.13. The smallest absolute Gasteiger partial charge is 0.151 e. The Morgan fingerprint density at radius 3 is 2.93 bits per heavy atom. The molecule has 0 aliphatic heterocycles. The van der Waals surface area contributed by atoms with Crippen LogP contribution in [-0.4, -0.2) is 29.1 Å². The van der Waals surface area contributed by atoms with Crippen LogP contribution >= 0.6 is 11.6 Å². The van der Waals surface area contributed by atoms with Crippen molar-refractivity contribution in [2.45, 2.75) is 18.9 Å². The summed E-state index contributed by atoms with van der Waals surface area (Å²) in [5.74, 6) is 0.814. The van der Waals surface area contributed by atoms with Gasteiger partial charge in [-0.1, -0.05) is 11.6 Å². The monoisotopic (exact) mass is 212 g/mol. The normalized spacial score (nSPS) is 15.6. The lowest BCUT2D eigenvalue weighted by molar-refractivity contribution is 0.769. The van der Waals surface area contributed by atoms with Gasteiger partial charge in [0, 0.05) is 19.1 Å². The third-order valence-corrected chi connectivity index (χ3v) is 2.54. The molecule has 1 aromatic rings. The van der Waals surface area contributed by atoms with E-state index in [9.17, 15) is 0 Å². The van der Waals surface area contributed by atoms with Gasteiger partial charge in [-0.2, -0.15) is 0 Å². The summed E-state index contributed by atoms with van der Waals surface area (Å²) < 4.78 is 0. The molecule has 0 bridgehead atoms. The molecule has 0 saturated heterocycles. The van der Waals surface area contributed by atoms with E-state index in [2.05, 4.69) is 14.9 Å². The van der Waals surface area contributed by atoms with Crippen LogP contribution in [0.25, 0.3) is 0 Å². The third kappa shape index (κ3) is 1.96. The molecule has 2 rings (SSSR count). The SMILES string of the molecule is NCCN(c1ncncc1Cl)C1CC1. The number of aromatic nitrogens is 2. The summed E-state index contributed by atoms with van der Waals surface area (Å²) >= 11 is 6.02. The van der Waals surface area contributed by atoms with Gasteiger partial charge in [-0.15, -0.1) is 0 Å². The van der Waals surface area contributed by atoms with E-state index in [-0.39, 0.29) is 0 Å². The zero-order valence-corrected chi connectivity index (χ0v) is 8.61. The molecule has 1 aliphatic rings. The Balaban J connectivity index is 2.21. The lowest BCUT2D eigenvalue weighted by Gasteiger charge is -2.23. The molecule has 0 aromatic carbocycles. The van der Waals surface area contributed by atoms with Crippen molar-refractivity contribution in [3.8, 4) is 0 Å². The van der Waals surface area contributed by atoms with E-state index in [0.717, 1.165) is 12.4 Å². The number of rotatable bonds is 4. The van der Waals surface area contributed by atoms with Gasteiger partial charge in [0.1, 0.15) is 11.3 Å². The summed E-state index contributed by atoms with van der Waals surface area (Å²) in [6.45, 7) is 1.43. The highest BCUT2D eigenvalue weighted by Gasteiger charge is 2.30. The molecular weight excluding hydrogens is 200 g/mol. The van der Waals surface area contributed by atoms with Crippen LogP contribution in [0.1, 0.15) is 12.8 Å². The second-order valence-corrected chi connectivity index (χ2v) is 3.81. The van der Waals surface area contributed by atoms with Crippen LogP contribution in [0.4, 0.5) is 5.82 Å². The maximum atomic E-state index is 6.02. The molecule has 4 nitrogen and oxygen atoms in total. The number of hydrogen-bond donors (Lipinski definition) is 1. The molecule has 0 amide bonds. The first-order valence-electron chi connectivity index (χ1n) is 4.75. The highest BCUT2D eigenvalue weighted by Crippen LogP contribution is 2.33. The highest BCUT2D eigenvalue weighted by molar-refractivity contribution is 6.32. The van der Waals surface area contributed by atoms with E-state index < -0.39 is 0 Å². The predicted octanol–water partition coefficient (Wildman–Crippen LogP) is 1.06. The van der Waals surface area contributed by atoms with Crippen molar-refractivity contribution in [2.24, 2.45) is 5.73 Å². The van der Waals surface area contributed by atoms with Gasteiger partial charge < -0.3 is 10.6 Å². The van der Waals surface area contributed by atoms with Gasteiger partial charge in [0.25, 0.3) is 0 Å². The molecule has 5 heteroatoms. The van der Waals surface area contributed by atoms with Crippen molar-refractivity contribution in [1.29, 1.82) is 0 Å². The van der Waals surface area contributed by atoms with Gasteiger partial charge in [-0.05, 0) is 12.8 Å². The van der Waals surface area contributed by atoms with Gasteiger partial charge in [0.05, 0.1) is 6.20 Å². The van der Waals surface area contributed by atoms with Gasteiger partial charge in [0.2, 0.25) is 0 Å². The Kier molecular flexibility index (Phi) is 2.84. The molecule has 0 atom stereocenters. The molecular formula is C9H13ClN4. The molecule has 1 heterocycles. The van der Waals surface area contributed by atoms with Crippen molar-refractivity contribution in [3.63, 3.8) is 0 Å². The first-order chi connectivity index (χ1) is 6.83. The van der Waals surface area contributed by atoms with E-state index in [1.54, 1.807) is 6.20 Å². The summed E-state index contributed by atoms with van der Waals surface area (Å²) in [6.07, 6.45) is 5.56. The highest BCUT2D eigenvalue weighted by atomic mass is 35.5. The molecule has 76 valence electrons. The fourth-order valence-corrected chi connectivity index (χ4v) is 1.72. The second-order valence-electron chi connectivity index (χ2n) is 3.41. The minimum absolute atomic E-state index is 0.575. The van der Waals surface area contributed by atoms with Crippen molar-refractivity contribution >= 4 is 17.4 Å². The van der Waals surface area contributed by atoms with E-state index >= 15 is 0 Å². The molecule has 1 saturated carbocycles. The Labute approximate surface area is 88.1 Å². The standard InChI is InChI=1S/C9H13ClN4/c10-8-5-12-6-13-9(8)14(4-3-11)7-1-2-7/h5-7H,1-4,11H2. The summed E-state index contributed by atoms with van der Waals surface area (Å²) in [5, 5.41) is 0.604. The molecule has 0 radical (unpaired) electrons. The zero-order valence-electron chi connectivity index (χ0n) is 7.86. The molecule has 1 fully saturated rings. The third-order valence-electron chi connectivity index (χ3n) is 2.28. The molecule has 14 heavy (non-hydrogen) atoms. The van der Waals surface area contributed by atoms with E-state index in [4.69, 9.17) is 17.3 Å². The largest absolute Gasteiger partial charge is 0.351 e. The first kappa shape index (κ1) is 9.68. The summed E-state index contributed by atoms with van der Waals surface area (Å²) in [4.78, 5) is 10.2. The molecule has 1 aromatic heterocycles. The maximum Gasteiger partial charge on any atom is 0.151 e. The summed E-state index contributed by atoms with van der Waals surface area (Å²) in [7, 11) is 0. The molecule has 0 unspecified atom stereocenters.